The molecule has 0 heterocycles. The summed E-state index contributed by atoms with van der Waals surface area (Å²) in [6.07, 6.45) is 3.67. The molecule has 5 heteroatoms. The van der Waals surface area contributed by atoms with Crippen LogP contribution < -0.4 is 10.1 Å². The summed E-state index contributed by atoms with van der Waals surface area (Å²) < 4.78 is 5.13. The SMILES string of the molecule is COc1ccc(C[C@H](NC(=O)C2(c3ccccc3)CCCC2)C(=O)O)cc1. The van der Waals surface area contributed by atoms with E-state index in [4.69, 9.17) is 4.74 Å². The Hall–Kier alpha value is -2.82. The molecule has 1 atom stereocenters. The van der Waals surface area contributed by atoms with Gasteiger partial charge >= 0.3 is 5.97 Å². The molecule has 1 fully saturated rings. The van der Waals surface area contributed by atoms with Crippen molar-refractivity contribution in [1.29, 1.82) is 0 Å². The third kappa shape index (κ3) is 4.13. The van der Waals surface area contributed by atoms with Gasteiger partial charge in [-0.15, -0.1) is 0 Å². The minimum absolute atomic E-state index is 0.188. The van der Waals surface area contributed by atoms with Crippen LogP contribution in [-0.2, 0) is 21.4 Å². The molecule has 2 aromatic carbocycles. The van der Waals surface area contributed by atoms with Crippen LogP contribution in [0.4, 0.5) is 0 Å². The van der Waals surface area contributed by atoms with Gasteiger partial charge in [-0.3, -0.25) is 4.79 Å². The van der Waals surface area contributed by atoms with E-state index < -0.39 is 17.4 Å². The summed E-state index contributed by atoms with van der Waals surface area (Å²) in [6, 6.07) is 16.0. The first-order valence-corrected chi connectivity index (χ1v) is 9.27. The molecule has 1 aliphatic carbocycles. The van der Waals surface area contributed by atoms with Crippen molar-refractivity contribution in [3.05, 3.63) is 65.7 Å². The molecule has 1 saturated carbocycles. The van der Waals surface area contributed by atoms with E-state index in [-0.39, 0.29) is 12.3 Å². The largest absolute Gasteiger partial charge is 0.497 e. The van der Waals surface area contributed by atoms with Gasteiger partial charge in [-0.1, -0.05) is 55.3 Å². The van der Waals surface area contributed by atoms with E-state index in [2.05, 4.69) is 5.32 Å². The van der Waals surface area contributed by atoms with Gasteiger partial charge in [0, 0.05) is 6.42 Å². The number of carboxylic acids is 1. The Bertz CT molecular complexity index is 780. The van der Waals surface area contributed by atoms with Gasteiger partial charge in [-0.05, 0) is 36.1 Å². The van der Waals surface area contributed by atoms with Crippen LogP contribution >= 0.6 is 0 Å². The highest BCUT2D eigenvalue weighted by Crippen LogP contribution is 2.41. The van der Waals surface area contributed by atoms with Gasteiger partial charge in [0.2, 0.25) is 5.91 Å². The van der Waals surface area contributed by atoms with Crippen LogP contribution in [-0.4, -0.2) is 30.1 Å². The maximum absolute atomic E-state index is 13.2. The number of rotatable bonds is 7. The van der Waals surface area contributed by atoms with Crippen LogP contribution in [0, 0.1) is 0 Å². The van der Waals surface area contributed by atoms with E-state index in [9.17, 15) is 14.7 Å². The molecule has 0 radical (unpaired) electrons. The van der Waals surface area contributed by atoms with Crippen molar-refractivity contribution in [2.75, 3.05) is 7.11 Å². The van der Waals surface area contributed by atoms with Crippen molar-refractivity contribution in [2.24, 2.45) is 0 Å². The monoisotopic (exact) mass is 367 g/mol. The lowest BCUT2D eigenvalue weighted by Crippen LogP contribution is -2.50. The molecule has 2 aromatic rings. The van der Waals surface area contributed by atoms with E-state index in [0.717, 1.165) is 36.8 Å². The van der Waals surface area contributed by atoms with Gasteiger partial charge in [0.25, 0.3) is 0 Å². The normalized spacial score (nSPS) is 16.5. The molecule has 3 rings (SSSR count). The van der Waals surface area contributed by atoms with E-state index in [1.54, 1.807) is 19.2 Å². The van der Waals surface area contributed by atoms with Crippen molar-refractivity contribution in [3.8, 4) is 5.75 Å². The highest BCUT2D eigenvalue weighted by molar-refractivity contribution is 5.92. The lowest BCUT2D eigenvalue weighted by atomic mass is 9.77. The number of ether oxygens (including phenoxy) is 1. The number of carboxylic acid groups (broad SMARTS) is 1. The maximum atomic E-state index is 13.2. The van der Waals surface area contributed by atoms with Gasteiger partial charge in [-0.25, -0.2) is 4.79 Å². The smallest absolute Gasteiger partial charge is 0.326 e. The van der Waals surface area contributed by atoms with Crippen molar-refractivity contribution < 1.29 is 19.4 Å². The zero-order valence-corrected chi connectivity index (χ0v) is 15.5. The highest BCUT2D eigenvalue weighted by Gasteiger charge is 2.43. The Kier molecular flexibility index (Phi) is 5.79. The van der Waals surface area contributed by atoms with Crippen LogP contribution in [0.5, 0.6) is 5.75 Å². The Morgan fingerprint density at radius 2 is 1.70 bits per heavy atom. The lowest BCUT2D eigenvalue weighted by molar-refractivity contribution is -0.142. The second kappa shape index (κ2) is 8.25. The topological polar surface area (TPSA) is 75.6 Å². The second-order valence-corrected chi connectivity index (χ2v) is 7.07. The Balaban J connectivity index is 1.78. The minimum Gasteiger partial charge on any atom is -0.497 e. The van der Waals surface area contributed by atoms with E-state index >= 15 is 0 Å². The van der Waals surface area contributed by atoms with Crippen LogP contribution in [0.15, 0.2) is 54.6 Å². The van der Waals surface area contributed by atoms with Gasteiger partial charge in [-0.2, -0.15) is 0 Å². The average Bonchev–Trinajstić information content (AvgIpc) is 3.20. The van der Waals surface area contributed by atoms with Gasteiger partial charge in [0.1, 0.15) is 11.8 Å². The summed E-state index contributed by atoms with van der Waals surface area (Å²) in [7, 11) is 1.58. The number of carbonyl (C=O) groups is 2. The average molecular weight is 367 g/mol. The molecule has 2 N–H and O–H groups in total. The summed E-state index contributed by atoms with van der Waals surface area (Å²) >= 11 is 0. The third-order valence-electron chi connectivity index (χ3n) is 5.42. The van der Waals surface area contributed by atoms with Gasteiger partial charge < -0.3 is 15.2 Å². The van der Waals surface area contributed by atoms with Crippen LogP contribution in [0.2, 0.25) is 0 Å². The van der Waals surface area contributed by atoms with E-state index in [1.165, 1.54) is 0 Å². The molecule has 0 aliphatic heterocycles. The molecular formula is C22H25NO4. The third-order valence-corrected chi connectivity index (χ3v) is 5.42. The van der Waals surface area contributed by atoms with Crippen molar-refractivity contribution in [3.63, 3.8) is 0 Å². The molecule has 0 unspecified atom stereocenters. The molecule has 0 saturated heterocycles. The number of nitrogens with one attached hydrogen (secondary N) is 1. The lowest BCUT2D eigenvalue weighted by Gasteiger charge is -2.30. The summed E-state index contributed by atoms with van der Waals surface area (Å²) in [5.41, 5.74) is 1.17. The van der Waals surface area contributed by atoms with Crippen LogP contribution in [0.1, 0.15) is 36.8 Å². The molecule has 0 bridgehead atoms. The number of methoxy groups -OCH3 is 1. The molecule has 142 valence electrons. The standard InChI is InChI=1S/C22H25NO4/c1-27-18-11-9-16(10-12-18)15-19(20(24)25)23-21(26)22(13-5-6-14-22)17-7-3-2-4-8-17/h2-4,7-12,19H,5-6,13-15H2,1H3,(H,23,26)(H,24,25)/t19-/m0/s1. The number of amides is 1. The van der Waals surface area contributed by atoms with Crippen LogP contribution in [0.25, 0.3) is 0 Å². The first-order chi connectivity index (χ1) is 13.0. The number of hydrogen-bond donors (Lipinski definition) is 2. The van der Waals surface area contributed by atoms with E-state index in [0.29, 0.717) is 5.75 Å². The van der Waals surface area contributed by atoms with Crippen molar-refractivity contribution in [1.82, 2.24) is 5.32 Å². The van der Waals surface area contributed by atoms with E-state index in [1.807, 2.05) is 42.5 Å². The quantitative estimate of drug-likeness (QED) is 0.787. The fourth-order valence-electron chi connectivity index (χ4n) is 3.88. The zero-order chi connectivity index (χ0) is 19.3. The Morgan fingerprint density at radius 3 is 2.26 bits per heavy atom. The summed E-state index contributed by atoms with van der Waals surface area (Å²) in [5, 5.41) is 12.4. The van der Waals surface area contributed by atoms with Crippen molar-refractivity contribution in [2.45, 2.75) is 43.6 Å². The van der Waals surface area contributed by atoms with Gasteiger partial charge in [0.05, 0.1) is 12.5 Å². The fourth-order valence-corrected chi connectivity index (χ4v) is 3.88. The molecule has 1 aliphatic rings. The number of benzene rings is 2. The molecule has 5 nitrogen and oxygen atoms in total. The Morgan fingerprint density at radius 1 is 1.07 bits per heavy atom. The van der Waals surface area contributed by atoms with Crippen molar-refractivity contribution >= 4 is 11.9 Å². The molecule has 0 spiro atoms. The zero-order valence-electron chi connectivity index (χ0n) is 15.5. The number of aliphatic carboxylic acids is 1. The first kappa shape index (κ1) is 19.0. The van der Waals surface area contributed by atoms with Gasteiger partial charge in [0.15, 0.2) is 0 Å². The highest BCUT2D eigenvalue weighted by atomic mass is 16.5. The predicted molar refractivity (Wildman–Crippen MR) is 103 cm³/mol. The predicted octanol–water partition coefficient (Wildman–Crippen LogP) is 3.32. The molecule has 0 aromatic heterocycles. The molecular weight excluding hydrogens is 342 g/mol. The molecule has 1 amide bonds. The summed E-state index contributed by atoms with van der Waals surface area (Å²) in [5.74, 6) is -0.504. The fraction of sp³-hybridized carbons (Fsp3) is 0.364. The minimum atomic E-state index is -1.03. The number of carbonyl (C=O) groups excluding carboxylic acids is 1. The summed E-state index contributed by atoms with van der Waals surface area (Å²) in [4.78, 5) is 25.0. The van der Waals surface area contributed by atoms with Crippen LogP contribution in [0.3, 0.4) is 0 Å². The number of hydrogen-bond acceptors (Lipinski definition) is 3. The Labute approximate surface area is 159 Å². The molecule has 27 heavy (non-hydrogen) atoms. The second-order valence-electron chi connectivity index (χ2n) is 7.07. The maximum Gasteiger partial charge on any atom is 0.326 e. The first-order valence-electron chi connectivity index (χ1n) is 9.27. The summed E-state index contributed by atoms with van der Waals surface area (Å²) in [6.45, 7) is 0.